The number of fused-ring (bicyclic) bond motifs is 1. The Balaban J connectivity index is 1.59. The summed E-state index contributed by atoms with van der Waals surface area (Å²) in [5.41, 5.74) is 2.05. The third kappa shape index (κ3) is 3.89. The van der Waals surface area contributed by atoms with Crippen molar-refractivity contribution in [3.63, 3.8) is 0 Å². The summed E-state index contributed by atoms with van der Waals surface area (Å²) in [6.45, 7) is 4.12. The number of aromatic nitrogens is 4. The van der Waals surface area contributed by atoms with Crippen LogP contribution in [0.4, 0.5) is 5.69 Å². The quantitative estimate of drug-likeness (QED) is 0.460. The molecule has 11 heteroatoms. The lowest BCUT2D eigenvalue weighted by molar-refractivity contribution is 0.101. The number of nitrogens with one attached hydrogen (secondary N) is 2. The van der Waals surface area contributed by atoms with E-state index >= 15 is 0 Å². The minimum Gasteiger partial charge on any atom is -0.454 e. The van der Waals surface area contributed by atoms with E-state index in [1.807, 2.05) is 16.7 Å². The van der Waals surface area contributed by atoms with Crippen molar-refractivity contribution in [1.82, 2.24) is 19.7 Å². The van der Waals surface area contributed by atoms with E-state index in [2.05, 4.69) is 38.8 Å². The molecule has 4 aromatic rings. The predicted molar refractivity (Wildman–Crippen MR) is 112 cm³/mol. The van der Waals surface area contributed by atoms with Crippen LogP contribution in [0.1, 0.15) is 30.5 Å². The number of ether oxygens (including phenoxy) is 1. The van der Waals surface area contributed by atoms with Crippen LogP contribution >= 0.6 is 23.2 Å². The largest absolute Gasteiger partial charge is 0.454 e. The van der Waals surface area contributed by atoms with Crippen LogP contribution in [0, 0.1) is 0 Å². The fraction of sp³-hybridized carbons (Fsp3) is 0.158. The number of benzene rings is 2. The average Bonchev–Trinajstić information content (AvgIpc) is 3.30. The number of nitrogens with zero attached hydrogens (tertiary/aromatic N) is 3. The molecule has 0 unspecified atom stereocenters. The number of imidazole rings is 1. The number of halogens is 2. The molecule has 2 aromatic heterocycles. The van der Waals surface area contributed by atoms with Crippen molar-refractivity contribution >= 4 is 45.8 Å². The number of anilines is 1. The van der Waals surface area contributed by atoms with E-state index in [9.17, 15) is 9.59 Å². The zero-order chi connectivity index (χ0) is 21.4. The molecule has 0 aliphatic heterocycles. The smallest absolute Gasteiger partial charge is 0.439 e. The van der Waals surface area contributed by atoms with Crippen LogP contribution in [0.15, 0.2) is 46.0 Å². The lowest BCUT2D eigenvalue weighted by atomic mass is 10.2. The van der Waals surface area contributed by atoms with E-state index in [4.69, 9.17) is 27.9 Å². The second kappa shape index (κ2) is 7.85. The van der Waals surface area contributed by atoms with Gasteiger partial charge in [0.05, 0.1) is 27.4 Å². The highest BCUT2D eigenvalue weighted by molar-refractivity contribution is 6.37. The standard InChI is InChI=1S/C19H15Cl2N5O4/c1-9(2)26-8-22-14-4-3-11(7-15(14)26)29-16-12(20)5-10(6-13(16)21)23-18(27)17-24-19(28)30-25-17/h3-9H,1-2H3,(H,23,27)(H,24,25,28). The number of aromatic amines is 1. The van der Waals surface area contributed by atoms with Crippen LogP contribution in [-0.4, -0.2) is 25.6 Å². The number of rotatable bonds is 5. The minimum atomic E-state index is -0.837. The van der Waals surface area contributed by atoms with Crippen LogP contribution in [0.2, 0.25) is 10.0 Å². The van der Waals surface area contributed by atoms with Gasteiger partial charge < -0.3 is 14.6 Å². The van der Waals surface area contributed by atoms with Gasteiger partial charge in [0.25, 0.3) is 5.91 Å². The van der Waals surface area contributed by atoms with E-state index in [1.165, 1.54) is 12.1 Å². The Kier molecular flexibility index (Phi) is 5.23. The second-order valence-electron chi connectivity index (χ2n) is 6.66. The average molecular weight is 448 g/mol. The van der Waals surface area contributed by atoms with Gasteiger partial charge in [0, 0.05) is 17.8 Å². The van der Waals surface area contributed by atoms with Gasteiger partial charge in [-0.1, -0.05) is 23.2 Å². The highest BCUT2D eigenvalue weighted by Gasteiger charge is 2.16. The highest BCUT2D eigenvalue weighted by Crippen LogP contribution is 2.39. The van der Waals surface area contributed by atoms with E-state index < -0.39 is 11.7 Å². The molecule has 4 rings (SSSR count). The molecule has 1 amide bonds. The highest BCUT2D eigenvalue weighted by atomic mass is 35.5. The number of carbonyl (C=O) groups is 1. The monoisotopic (exact) mass is 447 g/mol. The normalized spacial score (nSPS) is 11.2. The summed E-state index contributed by atoms with van der Waals surface area (Å²) < 4.78 is 12.2. The Morgan fingerprint density at radius 1 is 1.23 bits per heavy atom. The van der Waals surface area contributed by atoms with E-state index in [0.717, 1.165) is 11.0 Å². The van der Waals surface area contributed by atoms with Gasteiger partial charge in [-0.2, -0.15) is 0 Å². The summed E-state index contributed by atoms with van der Waals surface area (Å²) in [5, 5.41) is 6.20. The van der Waals surface area contributed by atoms with Crippen LogP contribution in [0.25, 0.3) is 11.0 Å². The first-order valence-electron chi connectivity index (χ1n) is 8.82. The molecule has 0 atom stereocenters. The van der Waals surface area contributed by atoms with Crippen LogP contribution in [-0.2, 0) is 0 Å². The van der Waals surface area contributed by atoms with Crippen LogP contribution in [0.3, 0.4) is 0 Å². The predicted octanol–water partition coefficient (Wildman–Crippen LogP) is 4.64. The van der Waals surface area contributed by atoms with Crippen molar-refractivity contribution in [3.8, 4) is 11.5 Å². The molecular formula is C19H15Cl2N5O4. The van der Waals surface area contributed by atoms with Crippen molar-refractivity contribution in [2.24, 2.45) is 0 Å². The number of hydrogen-bond donors (Lipinski definition) is 2. The van der Waals surface area contributed by atoms with Crippen molar-refractivity contribution in [2.45, 2.75) is 19.9 Å². The lowest BCUT2D eigenvalue weighted by Gasteiger charge is -2.13. The summed E-state index contributed by atoms with van der Waals surface area (Å²) >= 11 is 12.7. The first kappa shape index (κ1) is 20.0. The molecule has 9 nitrogen and oxygen atoms in total. The maximum Gasteiger partial charge on any atom is 0.439 e. The maximum atomic E-state index is 12.1. The van der Waals surface area contributed by atoms with Crippen molar-refractivity contribution in [2.75, 3.05) is 5.32 Å². The topological polar surface area (TPSA) is 115 Å². The third-order valence-corrected chi connectivity index (χ3v) is 4.80. The molecule has 0 bridgehead atoms. The molecule has 2 N–H and O–H groups in total. The third-order valence-electron chi connectivity index (χ3n) is 4.23. The van der Waals surface area contributed by atoms with Crippen LogP contribution < -0.4 is 15.8 Å². The Morgan fingerprint density at radius 2 is 1.97 bits per heavy atom. The van der Waals surface area contributed by atoms with Gasteiger partial charge in [-0.3, -0.25) is 14.3 Å². The first-order valence-corrected chi connectivity index (χ1v) is 9.58. The summed E-state index contributed by atoms with van der Waals surface area (Å²) in [7, 11) is 0. The lowest BCUT2D eigenvalue weighted by Crippen LogP contribution is -2.14. The van der Waals surface area contributed by atoms with E-state index in [1.54, 1.807) is 12.4 Å². The molecule has 0 spiro atoms. The van der Waals surface area contributed by atoms with Gasteiger partial charge in [0.2, 0.25) is 5.82 Å². The van der Waals surface area contributed by atoms with Gasteiger partial charge >= 0.3 is 5.76 Å². The molecule has 0 saturated carbocycles. The number of hydrogen-bond acceptors (Lipinski definition) is 6. The van der Waals surface area contributed by atoms with Gasteiger partial charge in [-0.05, 0) is 43.3 Å². The number of carbonyl (C=O) groups excluding carboxylic acids is 1. The second-order valence-corrected chi connectivity index (χ2v) is 7.48. The molecule has 0 aliphatic carbocycles. The molecule has 2 aromatic carbocycles. The van der Waals surface area contributed by atoms with Gasteiger partial charge in [-0.25, -0.2) is 9.78 Å². The van der Waals surface area contributed by atoms with Crippen molar-refractivity contribution in [3.05, 3.63) is 63.1 Å². The van der Waals surface area contributed by atoms with E-state index in [-0.39, 0.29) is 27.7 Å². The zero-order valence-corrected chi connectivity index (χ0v) is 17.3. The molecule has 0 aliphatic rings. The summed E-state index contributed by atoms with van der Waals surface area (Å²) in [5.74, 6) is -1.03. The molecule has 0 radical (unpaired) electrons. The van der Waals surface area contributed by atoms with E-state index in [0.29, 0.717) is 11.4 Å². The molecule has 154 valence electrons. The van der Waals surface area contributed by atoms with Crippen molar-refractivity contribution in [1.29, 1.82) is 0 Å². The Hall–Kier alpha value is -3.30. The summed E-state index contributed by atoms with van der Waals surface area (Å²) in [4.78, 5) is 29.6. The Labute approximate surface area is 179 Å². The van der Waals surface area contributed by atoms with Crippen LogP contribution in [0.5, 0.6) is 11.5 Å². The summed E-state index contributed by atoms with van der Waals surface area (Å²) in [6.07, 6.45) is 1.78. The Bertz CT molecular complexity index is 1280. The Morgan fingerprint density at radius 3 is 2.60 bits per heavy atom. The fourth-order valence-corrected chi connectivity index (χ4v) is 3.41. The number of H-pyrrole nitrogens is 1. The van der Waals surface area contributed by atoms with Crippen molar-refractivity contribution < 1.29 is 14.1 Å². The summed E-state index contributed by atoms with van der Waals surface area (Å²) in [6, 6.07) is 8.64. The maximum absolute atomic E-state index is 12.1. The van der Waals surface area contributed by atoms with Gasteiger partial charge in [0.15, 0.2) is 5.75 Å². The minimum absolute atomic E-state index is 0.184. The van der Waals surface area contributed by atoms with Gasteiger partial charge in [0.1, 0.15) is 5.75 Å². The SMILES string of the molecule is CC(C)n1cnc2ccc(Oc3c(Cl)cc(NC(=O)c4noc(=O)[nH]4)cc3Cl)cc21. The fourth-order valence-electron chi connectivity index (χ4n) is 2.85. The molecule has 30 heavy (non-hydrogen) atoms. The molecule has 2 heterocycles. The molecular weight excluding hydrogens is 433 g/mol. The number of amides is 1. The van der Waals surface area contributed by atoms with Gasteiger partial charge in [-0.15, -0.1) is 0 Å². The first-order chi connectivity index (χ1) is 14.3. The molecule has 0 fully saturated rings. The zero-order valence-electron chi connectivity index (χ0n) is 15.8. The molecule has 0 saturated heterocycles.